The Morgan fingerprint density at radius 1 is 0.848 bits per heavy atom. The Labute approximate surface area is 196 Å². The van der Waals surface area contributed by atoms with Crippen LogP contribution in [-0.2, 0) is 4.79 Å². The van der Waals surface area contributed by atoms with Gasteiger partial charge in [0.05, 0.1) is 12.2 Å². The quantitative estimate of drug-likeness (QED) is 0.291. The molecule has 0 heterocycles. The van der Waals surface area contributed by atoms with Crippen molar-refractivity contribution in [2.75, 3.05) is 11.9 Å². The minimum Gasteiger partial charge on any atom is -0.493 e. The van der Waals surface area contributed by atoms with E-state index in [1.165, 1.54) is 0 Å². The van der Waals surface area contributed by atoms with Gasteiger partial charge >= 0.3 is 5.97 Å². The predicted molar refractivity (Wildman–Crippen MR) is 130 cm³/mol. The first-order valence-corrected chi connectivity index (χ1v) is 10.9. The molecule has 0 unspecified atom stereocenters. The molecule has 0 spiro atoms. The normalized spacial score (nSPS) is 10.7. The van der Waals surface area contributed by atoms with E-state index in [4.69, 9.17) is 21.4 Å². The Hall–Kier alpha value is -3.83. The number of halogens is 1. The van der Waals surface area contributed by atoms with Gasteiger partial charge in [-0.15, -0.1) is 0 Å². The zero-order valence-corrected chi connectivity index (χ0v) is 18.5. The Balaban J connectivity index is 1.62. The SMILES string of the molecule is O=C(O)CCCOc1ccccc1C(=O)Nc1cc(-c2ccc(Cl)cc2)c2cccccc1-2. The lowest BCUT2D eigenvalue weighted by Gasteiger charge is -2.11. The molecule has 5 nitrogen and oxygen atoms in total. The van der Waals surface area contributed by atoms with Crippen molar-refractivity contribution >= 4 is 29.2 Å². The first-order chi connectivity index (χ1) is 16.0. The topological polar surface area (TPSA) is 75.6 Å². The molecule has 2 aromatic carbocycles. The van der Waals surface area contributed by atoms with Crippen LogP contribution in [0.4, 0.5) is 5.69 Å². The van der Waals surface area contributed by atoms with E-state index in [9.17, 15) is 9.59 Å². The van der Waals surface area contributed by atoms with Crippen molar-refractivity contribution in [3.05, 3.63) is 95.5 Å². The molecule has 0 radical (unpaired) electrons. The standard InChI is InChI=1S/C27H22ClNO4/c28-19-14-12-18(13-15-19)23-17-24(21-8-3-1-2-7-20(21)23)29-27(32)22-9-4-5-10-25(22)33-16-6-11-26(30)31/h1-5,7-10,12-15,17H,6,11,16H2,(H,29,32)(H,30,31). The van der Waals surface area contributed by atoms with Crippen LogP contribution in [0.3, 0.4) is 0 Å². The number of carboxylic acids is 1. The third-order valence-corrected chi connectivity index (χ3v) is 5.49. The van der Waals surface area contributed by atoms with Crippen molar-refractivity contribution in [2.24, 2.45) is 0 Å². The van der Waals surface area contributed by atoms with Gasteiger partial charge in [-0.3, -0.25) is 9.59 Å². The molecule has 0 atom stereocenters. The van der Waals surface area contributed by atoms with E-state index in [1.807, 2.05) is 60.7 Å². The zero-order valence-electron chi connectivity index (χ0n) is 17.8. The molecule has 4 rings (SSSR count). The van der Waals surface area contributed by atoms with Crippen LogP contribution in [0.25, 0.3) is 22.3 Å². The summed E-state index contributed by atoms with van der Waals surface area (Å²) in [4.78, 5) is 23.9. The molecule has 0 bridgehead atoms. The number of aliphatic carboxylic acids is 1. The molecule has 2 aromatic rings. The molecule has 2 N–H and O–H groups in total. The fraction of sp³-hybridized carbons (Fsp3) is 0.111. The van der Waals surface area contributed by atoms with Crippen LogP contribution < -0.4 is 10.1 Å². The van der Waals surface area contributed by atoms with Gasteiger partial charge in [0.15, 0.2) is 0 Å². The van der Waals surface area contributed by atoms with Crippen molar-refractivity contribution in [2.45, 2.75) is 12.8 Å². The number of para-hydroxylation sites is 1. The number of hydrogen-bond acceptors (Lipinski definition) is 3. The highest BCUT2D eigenvalue weighted by atomic mass is 35.5. The highest BCUT2D eigenvalue weighted by molar-refractivity contribution is 6.30. The van der Waals surface area contributed by atoms with Crippen LogP contribution in [0.1, 0.15) is 23.2 Å². The van der Waals surface area contributed by atoms with Crippen LogP contribution >= 0.6 is 11.6 Å². The van der Waals surface area contributed by atoms with Crippen LogP contribution in [-0.4, -0.2) is 23.6 Å². The molecule has 0 aromatic heterocycles. The van der Waals surface area contributed by atoms with Gasteiger partial charge in [0.1, 0.15) is 5.75 Å². The van der Waals surface area contributed by atoms with E-state index < -0.39 is 5.97 Å². The number of carbonyl (C=O) groups excluding carboxylic acids is 1. The Morgan fingerprint density at radius 3 is 2.30 bits per heavy atom. The summed E-state index contributed by atoms with van der Waals surface area (Å²) in [5.41, 5.74) is 4.99. The van der Waals surface area contributed by atoms with E-state index in [0.717, 1.165) is 22.3 Å². The summed E-state index contributed by atoms with van der Waals surface area (Å²) in [5, 5.41) is 12.5. The third-order valence-electron chi connectivity index (χ3n) is 5.23. The summed E-state index contributed by atoms with van der Waals surface area (Å²) in [6.45, 7) is 0.215. The molecule has 1 amide bonds. The van der Waals surface area contributed by atoms with Gasteiger partial charge in [-0.25, -0.2) is 0 Å². The lowest BCUT2D eigenvalue weighted by atomic mass is 10.0. The second kappa shape index (κ2) is 10.2. The Morgan fingerprint density at radius 2 is 1.55 bits per heavy atom. The monoisotopic (exact) mass is 459 g/mol. The molecular weight excluding hydrogens is 438 g/mol. The maximum atomic E-state index is 13.2. The summed E-state index contributed by atoms with van der Waals surface area (Å²) >= 11 is 6.06. The summed E-state index contributed by atoms with van der Waals surface area (Å²) in [6.07, 6.45) is 0.373. The Bertz CT molecular complexity index is 1250. The number of carbonyl (C=O) groups is 2. The van der Waals surface area contributed by atoms with E-state index in [-0.39, 0.29) is 18.9 Å². The Kier molecular flexibility index (Phi) is 6.91. The molecule has 0 fully saturated rings. The average molecular weight is 460 g/mol. The summed E-state index contributed by atoms with van der Waals surface area (Å²) in [6, 6.07) is 26.3. The molecule has 6 heteroatoms. The molecule has 2 aliphatic carbocycles. The zero-order chi connectivity index (χ0) is 23.2. The van der Waals surface area contributed by atoms with Crippen LogP contribution in [0, 0.1) is 0 Å². The number of amides is 1. The molecule has 33 heavy (non-hydrogen) atoms. The second-order valence-corrected chi connectivity index (χ2v) is 7.95. The highest BCUT2D eigenvalue weighted by Gasteiger charge is 2.20. The number of hydrogen-bond donors (Lipinski definition) is 2. The lowest BCUT2D eigenvalue weighted by molar-refractivity contribution is -0.137. The molecule has 0 saturated carbocycles. The number of anilines is 1. The van der Waals surface area contributed by atoms with Crippen molar-refractivity contribution in [1.82, 2.24) is 0 Å². The largest absolute Gasteiger partial charge is 0.493 e. The molecule has 2 aliphatic rings. The van der Waals surface area contributed by atoms with E-state index in [0.29, 0.717) is 28.4 Å². The van der Waals surface area contributed by atoms with Gasteiger partial charge in [-0.05, 0) is 53.4 Å². The average Bonchev–Trinajstić information content (AvgIpc) is 2.97. The molecule has 0 saturated heterocycles. The van der Waals surface area contributed by atoms with Crippen LogP contribution in [0.5, 0.6) is 5.75 Å². The van der Waals surface area contributed by atoms with Crippen molar-refractivity contribution in [3.8, 4) is 28.0 Å². The molecule has 166 valence electrons. The van der Waals surface area contributed by atoms with Crippen molar-refractivity contribution < 1.29 is 19.4 Å². The molecular formula is C27H22ClNO4. The minimum atomic E-state index is -0.877. The fourth-order valence-corrected chi connectivity index (χ4v) is 3.79. The number of fused-ring (bicyclic) bond motifs is 1. The van der Waals surface area contributed by atoms with E-state index in [1.54, 1.807) is 24.3 Å². The fourth-order valence-electron chi connectivity index (χ4n) is 3.66. The van der Waals surface area contributed by atoms with Gasteiger partial charge in [0.2, 0.25) is 0 Å². The maximum absolute atomic E-state index is 13.2. The molecule has 0 aliphatic heterocycles. The summed E-state index contributed by atoms with van der Waals surface area (Å²) in [7, 11) is 0. The number of rotatable bonds is 8. The van der Waals surface area contributed by atoms with Crippen molar-refractivity contribution in [1.29, 1.82) is 0 Å². The number of carboxylic acid groups (broad SMARTS) is 1. The van der Waals surface area contributed by atoms with E-state index >= 15 is 0 Å². The van der Waals surface area contributed by atoms with Gasteiger partial charge in [0, 0.05) is 22.7 Å². The first-order valence-electron chi connectivity index (χ1n) is 10.6. The number of ether oxygens (including phenoxy) is 1. The van der Waals surface area contributed by atoms with E-state index in [2.05, 4.69) is 5.32 Å². The first kappa shape index (κ1) is 22.4. The van der Waals surface area contributed by atoms with Crippen LogP contribution in [0.15, 0.2) is 84.9 Å². The predicted octanol–water partition coefficient (Wildman–Crippen LogP) is 6.61. The number of nitrogens with one attached hydrogen (secondary N) is 1. The summed E-state index contributed by atoms with van der Waals surface area (Å²) in [5.74, 6) is -0.762. The van der Waals surface area contributed by atoms with Gasteiger partial charge < -0.3 is 15.2 Å². The van der Waals surface area contributed by atoms with Gasteiger partial charge in [0.25, 0.3) is 5.91 Å². The summed E-state index contributed by atoms with van der Waals surface area (Å²) < 4.78 is 5.70. The smallest absolute Gasteiger partial charge is 0.303 e. The number of benzene rings is 2. The van der Waals surface area contributed by atoms with Crippen LogP contribution in [0.2, 0.25) is 5.02 Å². The van der Waals surface area contributed by atoms with Crippen molar-refractivity contribution in [3.63, 3.8) is 0 Å². The highest BCUT2D eigenvalue weighted by Crippen LogP contribution is 2.42. The third kappa shape index (κ3) is 5.33. The van der Waals surface area contributed by atoms with Gasteiger partial charge in [-0.2, -0.15) is 0 Å². The lowest BCUT2D eigenvalue weighted by Crippen LogP contribution is -2.14. The van der Waals surface area contributed by atoms with Gasteiger partial charge in [-0.1, -0.05) is 66.2 Å². The maximum Gasteiger partial charge on any atom is 0.303 e. The second-order valence-electron chi connectivity index (χ2n) is 7.51. The minimum absolute atomic E-state index is 0.0123.